The lowest BCUT2D eigenvalue weighted by Gasteiger charge is -2.10. The maximum atomic E-state index is 11.9. The maximum Gasteiger partial charge on any atom is 0.180 e. The van der Waals surface area contributed by atoms with Gasteiger partial charge in [-0.1, -0.05) is 30.7 Å². The zero-order valence-electron chi connectivity index (χ0n) is 8.48. The first-order chi connectivity index (χ1) is 6.97. The zero-order chi connectivity index (χ0) is 11.5. The third kappa shape index (κ3) is 3.19. The molecule has 0 aromatic heterocycles. The standard InChI is InChI=1S/C10H14ClNO2S/c1-8(6-12)7-15(13,14)10-5-3-2-4-9(10)11/h2-5,8H,6-7,12H2,1H3. The third-order valence-electron chi connectivity index (χ3n) is 2.08. The molecule has 0 radical (unpaired) electrons. The minimum atomic E-state index is -3.31. The molecule has 1 rings (SSSR count). The highest BCUT2D eigenvalue weighted by Gasteiger charge is 2.19. The van der Waals surface area contributed by atoms with Gasteiger partial charge in [0.25, 0.3) is 0 Å². The van der Waals surface area contributed by atoms with E-state index in [1.807, 2.05) is 0 Å². The predicted octanol–water partition coefficient (Wildman–Crippen LogP) is 1.71. The second-order valence-corrected chi connectivity index (χ2v) is 5.96. The van der Waals surface area contributed by atoms with E-state index < -0.39 is 9.84 Å². The summed E-state index contributed by atoms with van der Waals surface area (Å²) in [5.74, 6) is -0.0287. The number of hydrogen-bond acceptors (Lipinski definition) is 3. The fraction of sp³-hybridized carbons (Fsp3) is 0.400. The van der Waals surface area contributed by atoms with Crippen LogP contribution in [0.3, 0.4) is 0 Å². The third-order valence-corrected chi connectivity index (χ3v) is 4.55. The van der Waals surface area contributed by atoms with Gasteiger partial charge in [0.1, 0.15) is 0 Å². The van der Waals surface area contributed by atoms with Gasteiger partial charge in [0.05, 0.1) is 15.7 Å². The van der Waals surface area contributed by atoms with Gasteiger partial charge in [-0.25, -0.2) is 8.42 Å². The normalized spacial score (nSPS) is 13.8. The Morgan fingerprint density at radius 2 is 2.00 bits per heavy atom. The summed E-state index contributed by atoms with van der Waals surface area (Å²) in [4.78, 5) is 0.187. The molecule has 0 amide bonds. The number of nitrogens with two attached hydrogens (primary N) is 1. The lowest BCUT2D eigenvalue weighted by Crippen LogP contribution is -2.21. The molecule has 1 aromatic rings. The molecule has 0 aliphatic carbocycles. The fourth-order valence-corrected chi connectivity index (χ4v) is 3.43. The minimum Gasteiger partial charge on any atom is -0.330 e. The van der Waals surface area contributed by atoms with Crippen LogP contribution in [-0.4, -0.2) is 20.7 Å². The molecule has 1 aromatic carbocycles. The summed E-state index contributed by atoms with van der Waals surface area (Å²) in [6.45, 7) is 2.15. The van der Waals surface area contributed by atoms with Crippen molar-refractivity contribution in [2.45, 2.75) is 11.8 Å². The van der Waals surface area contributed by atoms with Gasteiger partial charge in [0, 0.05) is 0 Å². The molecule has 84 valence electrons. The number of hydrogen-bond donors (Lipinski definition) is 1. The van der Waals surface area contributed by atoms with Crippen molar-refractivity contribution in [3.05, 3.63) is 29.3 Å². The Bertz CT molecular complexity index is 431. The summed E-state index contributed by atoms with van der Waals surface area (Å²) in [5, 5.41) is 0.265. The molecule has 0 spiro atoms. The van der Waals surface area contributed by atoms with Crippen LogP contribution in [0, 0.1) is 5.92 Å². The Hall–Kier alpha value is -0.580. The van der Waals surface area contributed by atoms with E-state index in [0.717, 1.165) is 0 Å². The second kappa shape index (κ2) is 4.96. The van der Waals surface area contributed by atoms with E-state index in [1.165, 1.54) is 6.07 Å². The Morgan fingerprint density at radius 1 is 1.40 bits per heavy atom. The lowest BCUT2D eigenvalue weighted by molar-refractivity contribution is 0.574. The highest BCUT2D eigenvalue weighted by Crippen LogP contribution is 2.22. The first kappa shape index (κ1) is 12.5. The average molecular weight is 248 g/mol. The molecule has 0 heterocycles. The molecule has 0 fully saturated rings. The smallest absolute Gasteiger partial charge is 0.180 e. The summed E-state index contributed by atoms with van der Waals surface area (Å²) in [6.07, 6.45) is 0. The quantitative estimate of drug-likeness (QED) is 0.881. The van der Waals surface area contributed by atoms with E-state index in [4.69, 9.17) is 17.3 Å². The van der Waals surface area contributed by atoms with Gasteiger partial charge in [-0.3, -0.25) is 0 Å². The van der Waals surface area contributed by atoms with Gasteiger partial charge >= 0.3 is 0 Å². The molecular formula is C10H14ClNO2S. The van der Waals surface area contributed by atoms with Crippen molar-refractivity contribution in [1.82, 2.24) is 0 Å². The molecular weight excluding hydrogens is 234 g/mol. The van der Waals surface area contributed by atoms with Gasteiger partial charge in [-0.15, -0.1) is 0 Å². The number of benzene rings is 1. The van der Waals surface area contributed by atoms with Crippen LogP contribution in [0.15, 0.2) is 29.2 Å². The van der Waals surface area contributed by atoms with Gasteiger partial charge in [0.15, 0.2) is 9.84 Å². The lowest BCUT2D eigenvalue weighted by atomic mass is 10.2. The monoisotopic (exact) mass is 247 g/mol. The van der Waals surface area contributed by atoms with Crippen LogP contribution in [0.5, 0.6) is 0 Å². The van der Waals surface area contributed by atoms with Crippen LogP contribution < -0.4 is 5.73 Å². The first-order valence-electron chi connectivity index (χ1n) is 4.64. The van der Waals surface area contributed by atoms with E-state index in [0.29, 0.717) is 6.54 Å². The molecule has 0 bridgehead atoms. The summed E-state index contributed by atoms with van der Waals surface area (Å²) in [7, 11) is -3.31. The van der Waals surface area contributed by atoms with Crippen LogP contribution in [0.4, 0.5) is 0 Å². The summed E-state index contributed by atoms with van der Waals surface area (Å²) in [6, 6.07) is 6.45. The van der Waals surface area contributed by atoms with Gasteiger partial charge < -0.3 is 5.73 Å². The molecule has 0 saturated carbocycles. The molecule has 2 N–H and O–H groups in total. The van der Waals surface area contributed by atoms with E-state index in [-0.39, 0.29) is 21.6 Å². The zero-order valence-corrected chi connectivity index (χ0v) is 10.1. The number of rotatable bonds is 4. The summed E-state index contributed by atoms with van der Waals surface area (Å²) in [5.41, 5.74) is 5.40. The van der Waals surface area contributed by atoms with E-state index in [2.05, 4.69) is 0 Å². The largest absolute Gasteiger partial charge is 0.330 e. The Morgan fingerprint density at radius 3 is 2.53 bits per heavy atom. The molecule has 0 aliphatic heterocycles. The van der Waals surface area contributed by atoms with Crippen LogP contribution >= 0.6 is 11.6 Å². The SMILES string of the molecule is CC(CN)CS(=O)(=O)c1ccccc1Cl. The highest BCUT2D eigenvalue weighted by atomic mass is 35.5. The topological polar surface area (TPSA) is 60.2 Å². The Labute approximate surface area is 95.2 Å². The summed E-state index contributed by atoms with van der Waals surface area (Å²) < 4.78 is 23.8. The van der Waals surface area contributed by atoms with Crippen molar-refractivity contribution in [3.63, 3.8) is 0 Å². The highest BCUT2D eigenvalue weighted by molar-refractivity contribution is 7.91. The van der Waals surface area contributed by atoms with E-state index >= 15 is 0 Å². The predicted molar refractivity (Wildman–Crippen MR) is 61.7 cm³/mol. The van der Waals surface area contributed by atoms with Crippen molar-refractivity contribution >= 4 is 21.4 Å². The molecule has 0 aliphatic rings. The molecule has 1 atom stereocenters. The second-order valence-electron chi connectivity index (χ2n) is 3.55. The van der Waals surface area contributed by atoms with Crippen molar-refractivity contribution in [2.75, 3.05) is 12.3 Å². The van der Waals surface area contributed by atoms with Crippen LogP contribution in [-0.2, 0) is 9.84 Å². The molecule has 1 unspecified atom stereocenters. The molecule has 15 heavy (non-hydrogen) atoms. The Balaban J connectivity index is 3.02. The van der Waals surface area contributed by atoms with Crippen LogP contribution in [0.1, 0.15) is 6.92 Å². The molecule has 0 saturated heterocycles. The molecule has 5 heteroatoms. The number of halogens is 1. The van der Waals surface area contributed by atoms with Crippen molar-refractivity contribution in [1.29, 1.82) is 0 Å². The van der Waals surface area contributed by atoms with Gasteiger partial charge in [0.2, 0.25) is 0 Å². The van der Waals surface area contributed by atoms with Crippen molar-refractivity contribution in [2.24, 2.45) is 11.7 Å². The number of sulfone groups is 1. The Kier molecular flexibility index (Phi) is 4.13. The molecule has 3 nitrogen and oxygen atoms in total. The first-order valence-corrected chi connectivity index (χ1v) is 6.67. The summed E-state index contributed by atoms with van der Waals surface area (Å²) >= 11 is 5.82. The van der Waals surface area contributed by atoms with Gasteiger partial charge in [-0.2, -0.15) is 0 Å². The maximum absolute atomic E-state index is 11.9. The van der Waals surface area contributed by atoms with Gasteiger partial charge in [-0.05, 0) is 24.6 Å². The average Bonchev–Trinajstić information content (AvgIpc) is 2.17. The van der Waals surface area contributed by atoms with Crippen LogP contribution in [0.25, 0.3) is 0 Å². The van der Waals surface area contributed by atoms with E-state index in [1.54, 1.807) is 25.1 Å². The van der Waals surface area contributed by atoms with Crippen LogP contribution in [0.2, 0.25) is 5.02 Å². The van der Waals surface area contributed by atoms with Crippen molar-refractivity contribution < 1.29 is 8.42 Å². The fourth-order valence-electron chi connectivity index (χ4n) is 1.23. The van der Waals surface area contributed by atoms with E-state index in [9.17, 15) is 8.42 Å². The minimum absolute atomic E-state index is 0.0350. The van der Waals surface area contributed by atoms with Crippen molar-refractivity contribution in [3.8, 4) is 0 Å².